The number of nitrogens with one attached hydrogen (secondary N) is 2. The van der Waals surface area contributed by atoms with Crippen LogP contribution in [0.5, 0.6) is 0 Å². The van der Waals surface area contributed by atoms with E-state index in [0.717, 1.165) is 18.7 Å². The highest BCUT2D eigenvalue weighted by molar-refractivity contribution is 5.95. The molecule has 11 heteroatoms. The fourth-order valence-corrected chi connectivity index (χ4v) is 4.31. The fourth-order valence-electron chi connectivity index (χ4n) is 4.31. The van der Waals surface area contributed by atoms with Crippen LogP contribution in [0.1, 0.15) is 49.3 Å². The summed E-state index contributed by atoms with van der Waals surface area (Å²) in [5, 5.41) is 7.18. The van der Waals surface area contributed by atoms with Crippen molar-refractivity contribution in [2.45, 2.75) is 70.8 Å². The van der Waals surface area contributed by atoms with Crippen LogP contribution in [0.2, 0.25) is 0 Å². The zero-order valence-electron chi connectivity index (χ0n) is 18.7. The van der Waals surface area contributed by atoms with Crippen LogP contribution in [0, 0.1) is 6.92 Å². The first-order valence-electron chi connectivity index (χ1n) is 10.8. The Balaban J connectivity index is 1.49. The van der Waals surface area contributed by atoms with E-state index in [1.54, 1.807) is 20.0 Å². The molecule has 2 saturated heterocycles. The highest BCUT2D eigenvalue weighted by atomic mass is 16.8. The maximum Gasteiger partial charge on any atom is 0.328 e. The molecule has 2 aromatic heterocycles. The second-order valence-corrected chi connectivity index (χ2v) is 8.60. The van der Waals surface area contributed by atoms with Gasteiger partial charge in [-0.1, -0.05) is 6.92 Å². The van der Waals surface area contributed by atoms with Crippen LogP contribution in [-0.4, -0.2) is 62.5 Å². The van der Waals surface area contributed by atoms with Crippen molar-refractivity contribution in [1.82, 2.24) is 24.6 Å². The number of aromatic nitrogens is 4. The van der Waals surface area contributed by atoms with E-state index in [4.69, 9.17) is 14.2 Å². The van der Waals surface area contributed by atoms with Crippen LogP contribution >= 0.6 is 0 Å². The van der Waals surface area contributed by atoms with Crippen LogP contribution in [0.15, 0.2) is 28.0 Å². The van der Waals surface area contributed by atoms with Gasteiger partial charge in [-0.05, 0) is 27.2 Å². The van der Waals surface area contributed by atoms with E-state index < -0.39 is 41.4 Å². The predicted octanol–water partition coefficient (Wildman–Crippen LogP) is 0.342. The van der Waals surface area contributed by atoms with Crippen molar-refractivity contribution in [3.8, 4) is 0 Å². The van der Waals surface area contributed by atoms with E-state index in [1.807, 2.05) is 11.6 Å². The van der Waals surface area contributed by atoms with Gasteiger partial charge in [0.15, 0.2) is 5.79 Å². The molecule has 2 N–H and O–H groups in total. The number of carbonyl (C=O) groups is 1. The molecule has 174 valence electrons. The first-order chi connectivity index (χ1) is 15.2. The number of hydrogen-bond acceptors (Lipinski definition) is 7. The summed E-state index contributed by atoms with van der Waals surface area (Å²) in [4.78, 5) is 38.7. The van der Waals surface area contributed by atoms with E-state index in [2.05, 4.69) is 22.3 Å². The fraction of sp³-hybridized carbons (Fsp3) is 0.619. The van der Waals surface area contributed by atoms with Crippen molar-refractivity contribution in [2.24, 2.45) is 0 Å². The smallest absolute Gasteiger partial charge is 0.328 e. The monoisotopic (exact) mass is 447 g/mol. The molecule has 2 aliphatic heterocycles. The Kier molecular flexibility index (Phi) is 6.06. The number of ether oxygens (including phenoxy) is 3. The second-order valence-electron chi connectivity index (χ2n) is 8.60. The maximum absolute atomic E-state index is 12.7. The number of aryl methyl sites for hydroxylation is 1. The predicted molar refractivity (Wildman–Crippen MR) is 114 cm³/mol. The minimum absolute atomic E-state index is 0.167. The summed E-state index contributed by atoms with van der Waals surface area (Å²) in [5.74, 6) is -1.12. The molecule has 0 aliphatic carbocycles. The number of carbonyl (C=O) groups excluding carboxylic acids is 1. The third kappa shape index (κ3) is 4.27. The van der Waals surface area contributed by atoms with Gasteiger partial charge in [-0.25, -0.2) is 4.79 Å². The van der Waals surface area contributed by atoms with Gasteiger partial charge in [0.05, 0.1) is 24.4 Å². The second kappa shape index (κ2) is 8.64. The molecule has 4 rings (SSSR count). The van der Waals surface area contributed by atoms with E-state index in [1.165, 1.54) is 16.8 Å². The lowest BCUT2D eigenvalue weighted by molar-refractivity contribution is -0.153. The molecular formula is C21H29N5O6. The molecule has 11 nitrogen and oxygen atoms in total. The van der Waals surface area contributed by atoms with Crippen LogP contribution < -0.4 is 16.6 Å². The summed E-state index contributed by atoms with van der Waals surface area (Å²) < 4.78 is 21.4. The molecule has 2 aromatic rings. The molecule has 2 fully saturated rings. The van der Waals surface area contributed by atoms with Crippen LogP contribution in [-0.2, 0) is 20.8 Å². The van der Waals surface area contributed by atoms with Gasteiger partial charge in [0.25, 0.3) is 11.5 Å². The van der Waals surface area contributed by atoms with Gasteiger partial charge in [-0.15, -0.1) is 0 Å². The van der Waals surface area contributed by atoms with E-state index in [-0.39, 0.29) is 19.1 Å². The Labute approximate surface area is 184 Å². The van der Waals surface area contributed by atoms with Gasteiger partial charge in [-0.3, -0.25) is 23.8 Å². The average Bonchev–Trinajstić information content (AvgIpc) is 3.25. The number of nitrogens with zero attached hydrogens (tertiary/aromatic N) is 3. The topological polar surface area (TPSA) is 129 Å². The first-order valence-corrected chi connectivity index (χ1v) is 10.8. The van der Waals surface area contributed by atoms with Crippen molar-refractivity contribution < 1.29 is 19.0 Å². The summed E-state index contributed by atoms with van der Waals surface area (Å²) in [6, 6.07) is 0.803. The van der Waals surface area contributed by atoms with Crippen molar-refractivity contribution in [3.05, 3.63) is 50.6 Å². The highest BCUT2D eigenvalue weighted by Gasteiger charge is 2.52. The van der Waals surface area contributed by atoms with E-state index in [9.17, 15) is 14.4 Å². The molecule has 4 atom stereocenters. The Morgan fingerprint density at radius 3 is 2.78 bits per heavy atom. The molecule has 4 heterocycles. The SMILES string of the molecule is CCCn1ncc(C(=O)NC[C@H]2OC[C@@H](n3ccc(=O)[nH]c3=O)[C@@H]3OC(C)(C)O[C@@H]32)c1C. The number of fused-ring (bicyclic) bond motifs is 1. The standard InChI is InChI=1S/C21H29N5O6/c1-5-7-26-12(2)13(9-23-26)19(28)22-10-15-18-17(31-21(3,4)32-18)14(11-30-15)25-8-6-16(27)24-20(25)29/h6,8-9,14-15,17-18H,5,7,10-11H2,1-4H3,(H,22,28)(H,24,27,29)/t14-,15-,17+,18-/m1/s1. The molecule has 0 saturated carbocycles. The molecule has 1 amide bonds. The van der Waals surface area contributed by atoms with Crippen LogP contribution in [0.3, 0.4) is 0 Å². The molecule has 0 bridgehead atoms. The zero-order chi connectivity index (χ0) is 23.0. The summed E-state index contributed by atoms with van der Waals surface area (Å²) in [6.07, 6.45) is 2.47. The van der Waals surface area contributed by atoms with Gasteiger partial charge < -0.3 is 19.5 Å². The van der Waals surface area contributed by atoms with E-state index >= 15 is 0 Å². The third-order valence-electron chi connectivity index (χ3n) is 5.85. The van der Waals surface area contributed by atoms with Gasteiger partial charge in [-0.2, -0.15) is 5.10 Å². The van der Waals surface area contributed by atoms with Gasteiger partial charge >= 0.3 is 5.69 Å². The Morgan fingerprint density at radius 2 is 2.06 bits per heavy atom. The van der Waals surface area contributed by atoms with Gasteiger partial charge in [0.2, 0.25) is 0 Å². The first kappa shape index (κ1) is 22.4. The quantitative estimate of drug-likeness (QED) is 0.653. The zero-order valence-corrected chi connectivity index (χ0v) is 18.7. The minimum Gasteiger partial charge on any atom is -0.371 e. The molecule has 0 aromatic carbocycles. The minimum atomic E-state index is -0.882. The normalized spacial score (nSPS) is 26.6. The highest BCUT2D eigenvalue weighted by Crippen LogP contribution is 2.39. The molecule has 32 heavy (non-hydrogen) atoms. The van der Waals surface area contributed by atoms with E-state index in [0.29, 0.717) is 5.56 Å². The summed E-state index contributed by atoms with van der Waals surface area (Å²) >= 11 is 0. The lowest BCUT2D eigenvalue weighted by Gasteiger charge is -2.37. The van der Waals surface area contributed by atoms with Crippen molar-refractivity contribution in [3.63, 3.8) is 0 Å². The summed E-state index contributed by atoms with van der Waals surface area (Å²) in [7, 11) is 0. The Hall–Kier alpha value is -2.76. The summed E-state index contributed by atoms with van der Waals surface area (Å²) in [6.45, 7) is 8.63. The number of H-pyrrole nitrogens is 1. The van der Waals surface area contributed by atoms with Crippen LogP contribution in [0.4, 0.5) is 0 Å². The lowest BCUT2D eigenvalue weighted by atomic mass is 9.97. The van der Waals surface area contributed by atoms with Gasteiger partial charge in [0, 0.05) is 31.0 Å². The molecule has 0 radical (unpaired) electrons. The van der Waals surface area contributed by atoms with Crippen molar-refractivity contribution in [2.75, 3.05) is 13.2 Å². The Bertz CT molecular complexity index is 1100. The third-order valence-corrected chi connectivity index (χ3v) is 5.85. The Morgan fingerprint density at radius 1 is 1.31 bits per heavy atom. The molecule has 2 aliphatic rings. The van der Waals surface area contributed by atoms with Crippen molar-refractivity contribution in [1.29, 1.82) is 0 Å². The molecule has 0 spiro atoms. The molecular weight excluding hydrogens is 418 g/mol. The summed E-state index contributed by atoms with van der Waals surface area (Å²) in [5.41, 5.74) is 0.323. The number of hydrogen-bond donors (Lipinski definition) is 2. The van der Waals surface area contributed by atoms with Gasteiger partial charge in [0.1, 0.15) is 18.3 Å². The lowest BCUT2D eigenvalue weighted by Crippen LogP contribution is -2.54. The molecule has 0 unspecified atom stereocenters. The average molecular weight is 447 g/mol. The maximum atomic E-state index is 12.7. The van der Waals surface area contributed by atoms with Crippen molar-refractivity contribution >= 4 is 5.91 Å². The largest absolute Gasteiger partial charge is 0.371 e. The number of aromatic amines is 1. The number of amides is 1. The van der Waals surface area contributed by atoms with Crippen LogP contribution in [0.25, 0.3) is 0 Å². The number of rotatable bonds is 6.